The molecule has 1 N–H and O–H groups in total. The Hall–Kier alpha value is -3.34. The van der Waals surface area contributed by atoms with Crippen LogP contribution in [0.2, 0.25) is 0 Å². The number of carbonyl (C=O) groups is 1. The van der Waals surface area contributed by atoms with E-state index in [0.29, 0.717) is 17.1 Å². The number of nitrogens with zero attached hydrogens (tertiary/aromatic N) is 2. The second kappa shape index (κ2) is 7.50. The molecule has 0 unspecified atom stereocenters. The number of aromatic nitrogens is 1. The van der Waals surface area contributed by atoms with E-state index >= 15 is 0 Å². The van der Waals surface area contributed by atoms with Crippen LogP contribution in [-0.2, 0) is 13.0 Å². The Labute approximate surface area is 158 Å². The molecule has 0 fully saturated rings. The molecule has 1 amide bonds. The van der Waals surface area contributed by atoms with Crippen LogP contribution in [0, 0.1) is 0 Å². The van der Waals surface area contributed by atoms with Crippen LogP contribution in [0.3, 0.4) is 0 Å². The van der Waals surface area contributed by atoms with E-state index in [1.165, 1.54) is 11.1 Å². The fraction of sp³-hybridized carbons (Fsp3) is 0.182. The molecule has 0 atom stereocenters. The highest BCUT2D eigenvalue weighted by Crippen LogP contribution is 2.25. The van der Waals surface area contributed by atoms with Crippen LogP contribution < -0.4 is 15.0 Å². The molecule has 0 aliphatic carbocycles. The number of benzene rings is 2. The van der Waals surface area contributed by atoms with Crippen LogP contribution in [0.5, 0.6) is 5.75 Å². The maximum Gasteiger partial charge on any atom is 0.274 e. The third-order valence-electron chi connectivity index (χ3n) is 4.80. The highest BCUT2D eigenvalue weighted by molar-refractivity contribution is 6.03. The lowest BCUT2D eigenvalue weighted by Crippen LogP contribution is -2.30. The Bertz CT molecular complexity index is 971. The number of ether oxygens (including phenoxy) is 1. The normalized spacial score (nSPS) is 13.0. The molecule has 0 saturated heterocycles. The molecular weight excluding hydrogens is 338 g/mol. The first-order chi connectivity index (χ1) is 13.2. The van der Waals surface area contributed by atoms with Gasteiger partial charge in [0.2, 0.25) is 0 Å². The number of nitrogens with one attached hydrogen (secondary N) is 1. The lowest BCUT2D eigenvalue weighted by Gasteiger charge is -2.30. The molecule has 27 heavy (non-hydrogen) atoms. The van der Waals surface area contributed by atoms with Gasteiger partial charge in [0.05, 0.1) is 7.11 Å². The molecule has 1 aliphatic rings. The fourth-order valence-corrected chi connectivity index (χ4v) is 3.35. The third kappa shape index (κ3) is 3.77. The number of hydrogen-bond donors (Lipinski definition) is 1. The van der Waals surface area contributed by atoms with Gasteiger partial charge in [-0.1, -0.05) is 30.3 Å². The van der Waals surface area contributed by atoms with Crippen molar-refractivity contribution < 1.29 is 9.53 Å². The van der Waals surface area contributed by atoms with Gasteiger partial charge in [-0.25, -0.2) is 0 Å². The Kier molecular flexibility index (Phi) is 4.75. The average Bonchev–Trinajstić information content (AvgIpc) is 2.73. The zero-order chi connectivity index (χ0) is 18.6. The van der Waals surface area contributed by atoms with Crippen LogP contribution in [0.25, 0.3) is 0 Å². The first kappa shape index (κ1) is 17.1. The van der Waals surface area contributed by atoms with Crippen molar-refractivity contribution in [2.45, 2.75) is 13.0 Å². The second-order valence-electron chi connectivity index (χ2n) is 6.53. The van der Waals surface area contributed by atoms with Crippen LogP contribution in [0.4, 0.5) is 11.4 Å². The zero-order valence-electron chi connectivity index (χ0n) is 15.2. The number of rotatable bonds is 4. The van der Waals surface area contributed by atoms with Crippen molar-refractivity contribution in [3.63, 3.8) is 0 Å². The number of anilines is 2. The molecule has 1 aromatic heterocycles. The van der Waals surface area contributed by atoms with Gasteiger partial charge in [0.25, 0.3) is 5.91 Å². The summed E-state index contributed by atoms with van der Waals surface area (Å²) in [7, 11) is 1.60. The van der Waals surface area contributed by atoms with E-state index in [9.17, 15) is 4.79 Å². The maximum absolute atomic E-state index is 12.6. The smallest absolute Gasteiger partial charge is 0.274 e. The highest BCUT2D eigenvalue weighted by atomic mass is 16.5. The van der Waals surface area contributed by atoms with Crippen LogP contribution in [-0.4, -0.2) is 24.5 Å². The van der Waals surface area contributed by atoms with Crippen molar-refractivity contribution in [2.75, 3.05) is 23.9 Å². The molecule has 5 heteroatoms. The summed E-state index contributed by atoms with van der Waals surface area (Å²) in [4.78, 5) is 19.1. The van der Waals surface area contributed by atoms with Gasteiger partial charge in [-0.3, -0.25) is 9.78 Å². The molecule has 2 heterocycles. The van der Waals surface area contributed by atoms with E-state index in [4.69, 9.17) is 4.74 Å². The average molecular weight is 359 g/mol. The molecule has 3 aromatic rings. The summed E-state index contributed by atoms with van der Waals surface area (Å²) in [5.74, 6) is 0.462. The minimum absolute atomic E-state index is 0.234. The van der Waals surface area contributed by atoms with Gasteiger partial charge in [0.1, 0.15) is 11.4 Å². The third-order valence-corrected chi connectivity index (χ3v) is 4.80. The quantitative estimate of drug-likeness (QED) is 0.767. The van der Waals surface area contributed by atoms with E-state index in [1.807, 2.05) is 30.3 Å². The lowest BCUT2D eigenvalue weighted by molar-refractivity contribution is 0.102. The van der Waals surface area contributed by atoms with Crippen LogP contribution >= 0.6 is 0 Å². The lowest BCUT2D eigenvalue weighted by atomic mass is 9.99. The van der Waals surface area contributed by atoms with Gasteiger partial charge in [0, 0.05) is 36.7 Å². The number of hydrogen-bond acceptors (Lipinski definition) is 4. The first-order valence-electron chi connectivity index (χ1n) is 8.96. The summed E-state index contributed by atoms with van der Waals surface area (Å²) >= 11 is 0. The summed E-state index contributed by atoms with van der Waals surface area (Å²) in [5, 5.41) is 2.88. The molecule has 136 valence electrons. The van der Waals surface area contributed by atoms with Gasteiger partial charge in [-0.15, -0.1) is 0 Å². The van der Waals surface area contributed by atoms with Crippen molar-refractivity contribution in [3.05, 3.63) is 83.7 Å². The van der Waals surface area contributed by atoms with Crippen LogP contribution in [0.15, 0.2) is 66.9 Å². The zero-order valence-corrected chi connectivity index (χ0v) is 15.2. The number of fused-ring (bicyclic) bond motifs is 1. The molecule has 0 spiro atoms. The van der Waals surface area contributed by atoms with Gasteiger partial charge in [-0.2, -0.15) is 0 Å². The first-order valence-corrected chi connectivity index (χ1v) is 8.96. The summed E-state index contributed by atoms with van der Waals surface area (Å²) in [6.07, 6.45) is 2.69. The predicted molar refractivity (Wildman–Crippen MR) is 106 cm³/mol. The predicted octanol–water partition coefficient (Wildman–Crippen LogP) is 3.91. The van der Waals surface area contributed by atoms with Gasteiger partial charge >= 0.3 is 0 Å². The molecule has 0 bridgehead atoms. The largest absolute Gasteiger partial charge is 0.497 e. The van der Waals surface area contributed by atoms with E-state index in [1.54, 1.807) is 19.4 Å². The molecule has 0 saturated carbocycles. The Morgan fingerprint density at radius 2 is 1.93 bits per heavy atom. The molecular formula is C22H21N3O2. The van der Waals surface area contributed by atoms with Crippen molar-refractivity contribution in [1.82, 2.24) is 4.98 Å². The standard InChI is InChI=1S/C22H21N3O2/c1-27-20-8-4-7-18(13-20)24-22(26)21-14-19(9-11-23-21)25-12-10-16-5-2-3-6-17(16)15-25/h2-9,11,13-14H,10,12,15H2,1H3,(H,24,26). The van der Waals surface area contributed by atoms with E-state index in [-0.39, 0.29) is 5.91 Å². The van der Waals surface area contributed by atoms with Crippen molar-refractivity contribution in [2.24, 2.45) is 0 Å². The summed E-state index contributed by atoms with van der Waals surface area (Å²) < 4.78 is 5.20. The summed E-state index contributed by atoms with van der Waals surface area (Å²) in [6.45, 7) is 1.77. The van der Waals surface area contributed by atoms with Crippen molar-refractivity contribution in [1.29, 1.82) is 0 Å². The maximum atomic E-state index is 12.6. The number of carbonyl (C=O) groups excluding carboxylic acids is 1. The molecule has 5 nitrogen and oxygen atoms in total. The minimum Gasteiger partial charge on any atom is -0.497 e. The monoisotopic (exact) mass is 359 g/mol. The highest BCUT2D eigenvalue weighted by Gasteiger charge is 2.17. The van der Waals surface area contributed by atoms with E-state index in [2.05, 4.69) is 39.5 Å². The van der Waals surface area contributed by atoms with Crippen molar-refractivity contribution in [3.8, 4) is 5.75 Å². The minimum atomic E-state index is -0.234. The van der Waals surface area contributed by atoms with Gasteiger partial charge in [-0.05, 0) is 41.8 Å². The Balaban J connectivity index is 1.51. The van der Waals surface area contributed by atoms with Crippen LogP contribution in [0.1, 0.15) is 21.6 Å². The molecule has 1 aliphatic heterocycles. The summed E-state index contributed by atoms with van der Waals surface area (Å²) in [5.41, 5.74) is 4.82. The molecule has 4 rings (SSSR count). The molecule has 0 radical (unpaired) electrons. The Morgan fingerprint density at radius 1 is 1.07 bits per heavy atom. The number of pyridine rings is 1. The number of amides is 1. The fourth-order valence-electron chi connectivity index (χ4n) is 3.35. The van der Waals surface area contributed by atoms with Gasteiger partial charge < -0.3 is 15.0 Å². The van der Waals surface area contributed by atoms with Gasteiger partial charge in [0.15, 0.2) is 0 Å². The number of methoxy groups -OCH3 is 1. The SMILES string of the molecule is COc1cccc(NC(=O)c2cc(N3CCc4ccccc4C3)ccn2)c1. The topological polar surface area (TPSA) is 54.5 Å². The van der Waals surface area contributed by atoms with E-state index in [0.717, 1.165) is 25.2 Å². The molecule has 2 aromatic carbocycles. The van der Waals surface area contributed by atoms with E-state index < -0.39 is 0 Å². The van der Waals surface area contributed by atoms with Crippen molar-refractivity contribution >= 4 is 17.3 Å². The summed E-state index contributed by atoms with van der Waals surface area (Å²) in [6, 6.07) is 19.6. The second-order valence-corrected chi connectivity index (χ2v) is 6.53. The Morgan fingerprint density at radius 3 is 2.78 bits per heavy atom.